The first-order chi connectivity index (χ1) is 11.7. The number of sulfonamides is 1. The number of ketones is 1. The molecule has 0 N–H and O–H groups in total. The maximum atomic E-state index is 12.6. The van der Waals surface area contributed by atoms with Crippen LogP contribution < -0.4 is 0 Å². The third-order valence-electron chi connectivity index (χ3n) is 4.98. The second-order valence-corrected chi connectivity index (χ2v) is 9.00. The van der Waals surface area contributed by atoms with Crippen molar-refractivity contribution < 1.29 is 18.0 Å². The Morgan fingerprint density at radius 2 is 1.76 bits per heavy atom. The summed E-state index contributed by atoms with van der Waals surface area (Å²) in [5.74, 6) is -1.15. The lowest BCUT2D eigenvalue weighted by molar-refractivity contribution is -0.126. The topological polar surface area (TPSA) is 92.6 Å². The number of carbonyl (C=O) groups is 2. The van der Waals surface area contributed by atoms with Crippen LogP contribution in [0.2, 0.25) is 0 Å². The average molecular weight is 368 g/mol. The Morgan fingerprint density at radius 1 is 1.08 bits per heavy atom. The largest absolute Gasteiger partial charge is 0.334 e. The lowest BCUT2D eigenvalue weighted by Crippen LogP contribution is -2.41. The Kier molecular flexibility index (Phi) is 4.72. The SMILES string of the molecule is Cc1nn(C)c(C)c1C(=O)C(=O)N1CCCN(S(=O)(=O)C2CC2)CC1. The summed E-state index contributed by atoms with van der Waals surface area (Å²) in [7, 11) is -1.51. The molecule has 0 bridgehead atoms. The molecular formula is C16H24N4O4S. The number of aryl methyl sites for hydroxylation is 2. The van der Waals surface area contributed by atoms with E-state index in [1.807, 2.05) is 0 Å². The fraction of sp³-hybridized carbons (Fsp3) is 0.688. The van der Waals surface area contributed by atoms with Gasteiger partial charge in [-0.15, -0.1) is 0 Å². The van der Waals surface area contributed by atoms with E-state index in [0.717, 1.165) is 12.8 Å². The first-order valence-corrected chi connectivity index (χ1v) is 10.1. The molecule has 1 aliphatic heterocycles. The molecule has 0 unspecified atom stereocenters. The zero-order valence-electron chi connectivity index (χ0n) is 14.9. The lowest BCUT2D eigenvalue weighted by atomic mass is 10.1. The van der Waals surface area contributed by atoms with Gasteiger partial charge in [0.1, 0.15) is 0 Å². The van der Waals surface area contributed by atoms with Crippen molar-refractivity contribution in [3.63, 3.8) is 0 Å². The Hall–Kier alpha value is -1.74. The highest BCUT2D eigenvalue weighted by atomic mass is 32.2. The van der Waals surface area contributed by atoms with Gasteiger partial charge >= 0.3 is 0 Å². The summed E-state index contributed by atoms with van der Waals surface area (Å²) >= 11 is 0. The van der Waals surface area contributed by atoms with E-state index in [9.17, 15) is 18.0 Å². The molecular weight excluding hydrogens is 344 g/mol. The number of Topliss-reactive ketones (excluding diaryl/α,β-unsaturated/α-hetero) is 1. The molecule has 25 heavy (non-hydrogen) atoms. The van der Waals surface area contributed by atoms with Gasteiger partial charge in [-0.3, -0.25) is 14.3 Å². The molecule has 138 valence electrons. The number of amides is 1. The van der Waals surface area contributed by atoms with Gasteiger partial charge in [0.05, 0.1) is 16.5 Å². The van der Waals surface area contributed by atoms with Crippen LogP contribution in [-0.4, -0.2) is 70.5 Å². The number of aromatic nitrogens is 2. The highest BCUT2D eigenvalue weighted by Crippen LogP contribution is 2.31. The van der Waals surface area contributed by atoms with E-state index in [1.165, 1.54) is 9.21 Å². The average Bonchev–Trinajstić information content (AvgIpc) is 3.37. The zero-order chi connectivity index (χ0) is 18.4. The minimum Gasteiger partial charge on any atom is -0.334 e. The first-order valence-electron chi connectivity index (χ1n) is 8.56. The van der Waals surface area contributed by atoms with Crippen molar-refractivity contribution >= 4 is 21.7 Å². The minimum absolute atomic E-state index is 0.245. The number of nitrogens with zero attached hydrogens (tertiary/aromatic N) is 4. The molecule has 8 nitrogen and oxygen atoms in total. The van der Waals surface area contributed by atoms with Crippen molar-refractivity contribution in [1.29, 1.82) is 0 Å². The van der Waals surface area contributed by atoms with Gasteiger partial charge in [0.2, 0.25) is 10.0 Å². The van der Waals surface area contributed by atoms with Gasteiger partial charge in [-0.2, -0.15) is 9.40 Å². The van der Waals surface area contributed by atoms with Gasteiger partial charge in [0.15, 0.2) is 0 Å². The summed E-state index contributed by atoms with van der Waals surface area (Å²) in [5, 5.41) is 3.93. The van der Waals surface area contributed by atoms with E-state index in [0.29, 0.717) is 36.5 Å². The van der Waals surface area contributed by atoms with Crippen LogP contribution >= 0.6 is 0 Å². The summed E-state index contributed by atoms with van der Waals surface area (Å²) in [4.78, 5) is 26.7. The van der Waals surface area contributed by atoms with Crippen LogP contribution in [0.15, 0.2) is 0 Å². The molecule has 1 saturated heterocycles. The van der Waals surface area contributed by atoms with Crippen LogP contribution in [0.5, 0.6) is 0 Å². The number of hydrogen-bond acceptors (Lipinski definition) is 5. The van der Waals surface area contributed by atoms with Gasteiger partial charge in [-0.25, -0.2) is 8.42 Å². The predicted octanol–water partition coefficient (Wildman–Crippen LogP) is 0.246. The Labute approximate surface area is 147 Å². The molecule has 1 saturated carbocycles. The fourth-order valence-electron chi connectivity index (χ4n) is 3.28. The summed E-state index contributed by atoms with van der Waals surface area (Å²) < 4.78 is 27.8. The highest BCUT2D eigenvalue weighted by Gasteiger charge is 2.41. The molecule has 1 aromatic rings. The van der Waals surface area contributed by atoms with Gasteiger partial charge in [0.25, 0.3) is 11.7 Å². The lowest BCUT2D eigenvalue weighted by Gasteiger charge is -2.21. The van der Waals surface area contributed by atoms with Crippen molar-refractivity contribution in [2.24, 2.45) is 7.05 Å². The van der Waals surface area contributed by atoms with Gasteiger partial charge < -0.3 is 4.90 Å². The fourth-order valence-corrected chi connectivity index (χ4v) is 5.15. The van der Waals surface area contributed by atoms with Crippen LogP contribution in [0.25, 0.3) is 0 Å². The molecule has 1 aliphatic carbocycles. The van der Waals surface area contributed by atoms with E-state index in [-0.39, 0.29) is 18.3 Å². The van der Waals surface area contributed by atoms with Crippen LogP contribution in [0, 0.1) is 13.8 Å². The maximum Gasteiger partial charge on any atom is 0.295 e. The number of hydrogen-bond donors (Lipinski definition) is 0. The molecule has 2 aliphatic rings. The van der Waals surface area contributed by atoms with E-state index in [2.05, 4.69) is 5.10 Å². The van der Waals surface area contributed by atoms with Crippen LogP contribution in [-0.2, 0) is 21.9 Å². The molecule has 1 aromatic heterocycles. The first kappa shape index (κ1) is 18.1. The van der Waals surface area contributed by atoms with E-state index < -0.39 is 21.7 Å². The minimum atomic E-state index is -3.25. The van der Waals surface area contributed by atoms with Crippen LogP contribution in [0.1, 0.15) is 41.0 Å². The van der Waals surface area contributed by atoms with E-state index in [4.69, 9.17) is 0 Å². The standard InChI is InChI=1S/C16H24N4O4S/c1-11-14(12(2)18(3)17-11)15(21)16(22)19-7-4-8-20(10-9-19)25(23,24)13-5-6-13/h13H,4-10H2,1-3H3. The maximum absolute atomic E-state index is 12.6. The van der Waals surface area contributed by atoms with E-state index >= 15 is 0 Å². The van der Waals surface area contributed by atoms with Gasteiger partial charge in [0, 0.05) is 38.9 Å². The molecule has 2 fully saturated rings. The molecule has 1 amide bonds. The molecule has 0 radical (unpaired) electrons. The summed E-state index contributed by atoms with van der Waals surface area (Å²) in [6.07, 6.45) is 1.98. The molecule has 9 heteroatoms. The van der Waals surface area contributed by atoms with Crippen LogP contribution in [0.3, 0.4) is 0 Å². The smallest absolute Gasteiger partial charge is 0.295 e. The third-order valence-corrected chi connectivity index (χ3v) is 7.38. The highest BCUT2D eigenvalue weighted by molar-refractivity contribution is 7.90. The Balaban J connectivity index is 1.72. The predicted molar refractivity (Wildman–Crippen MR) is 91.7 cm³/mol. The molecule has 2 heterocycles. The van der Waals surface area contributed by atoms with Crippen LogP contribution in [0.4, 0.5) is 0 Å². The molecule has 3 rings (SSSR count). The van der Waals surface area contributed by atoms with Gasteiger partial charge in [-0.05, 0) is 33.1 Å². The summed E-state index contributed by atoms with van der Waals surface area (Å²) in [6, 6.07) is 0. The molecule has 0 aromatic carbocycles. The zero-order valence-corrected chi connectivity index (χ0v) is 15.7. The molecule has 0 spiro atoms. The normalized spacial score (nSPS) is 19.7. The van der Waals surface area contributed by atoms with Crippen molar-refractivity contribution in [2.75, 3.05) is 26.2 Å². The quantitative estimate of drug-likeness (QED) is 0.561. The Bertz CT molecular complexity index is 810. The van der Waals surface area contributed by atoms with Crippen molar-refractivity contribution in [2.45, 2.75) is 38.4 Å². The summed E-state index contributed by atoms with van der Waals surface area (Å²) in [5.41, 5.74) is 1.54. The number of carbonyl (C=O) groups excluding carboxylic acids is 2. The van der Waals surface area contributed by atoms with Crippen molar-refractivity contribution in [3.8, 4) is 0 Å². The molecule has 0 atom stereocenters. The third kappa shape index (κ3) is 3.35. The van der Waals surface area contributed by atoms with E-state index in [1.54, 1.807) is 25.6 Å². The van der Waals surface area contributed by atoms with Crippen molar-refractivity contribution in [1.82, 2.24) is 19.0 Å². The monoisotopic (exact) mass is 368 g/mol. The Morgan fingerprint density at radius 3 is 2.32 bits per heavy atom. The van der Waals surface area contributed by atoms with Crippen molar-refractivity contribution in [3.05, 3.63) is 17.0 Å². The van der Waals surface area contributed by atoms with Gasteiger partial charge in [-0.1, -0.05) is 0 Å². The number of rotatable bonds is 4. The summed E-state index contributed by atoms with van der Waals surface area (Å²) in [6.45, 7) is 4.76. The second kappa shape index (κ2) is 6.53. The second-order valence-electron chi connectivity index (χ2n) is 6.79.